The zero-order valence-electron chi connectivity index (χ0n) is 17.4. The third-order valence-corrected chi connectivity index (χ3v) is 7.19. The summed E-state index contributed by atoms with van der Waals surface area (Å²) in [5.74, 6) is 0.749. The van der Waals surface area contributed by atoms with E-state index in [4.69, 9.17) is 21.1 Å². The summed E-state index contributed by atoms with van der Waals surface area (Å²) in [7, 11) is -3.44. The molecule has 1 atom stereocenters. The molecule has 1 amide bonds. The van der Waals surface area contributed by atoms with Gasteiger partial charge in [-0.05, 0) is 55.7 Å². The van der Waals surface area contributed by atoms with Crippen molar-refractivity contribution >= 4 is 27.5 Å². The third-order valence-electron chi connectivity index (χ3n) is 4.97. The molecular formula is C22H27ClN2O5S. The van der Waals surface area contributed by atoms with Crippen molar-refractivity contribution in [2.24, 2.45) is 0 Å². The fourth-order valence-corrected chi connectivity index (χ4v) is 4.96. The zero-order chi connectivity index (χ0) is 22.3. The Labute approximate surface area is 188 Å². The molecule has 1 N–H and O–H groups in total. The van der Waals surface area contributed by atoms with Crippen molar-refractivity contribution in [1.82, 2.24) is 9.62 Å². The van der Waals surface area contributed by atoms with Crippen LogP contribution in [-0.2, 0) is 14.8 Å². The first-order chi connectivity index (χ1) is 14.9. The van der Waals surface area contributed by atoms with E-state index in [0.717, 1.165) is 12.8 Å². The summed E-state index contributed by atoms with van der Waals surface area (Å²) in [5.41, 5.74) is 0. The number of carbonyl (C=O) groups is 1. The maximum absolute atomic E-state index is 12.5. The highest BCUT2D eigenvalue weighted by Crippen LogP contribution is 2.25. The van der Waals surface area contributed by atoms with Gasteiger partial charge in [0.1, 0.15) is 18.1 Å². The van der Waals surface area contributed by atoms with Crippen LogP contribution < -0.4 is 14.8 Å². The molecule has 0 bridgehead atoms. The van der Waals surface area contributed by atoms with Gasteiger partial charge in [0.25, 0.3) is 5.91 Å². The SMILES string of the molecule is CCC(Oc1ccccc1Cl)C(=O)NCCOc1ccc(S(=O)(=O)N2CCCC2)cc1. The first kappa shape index (κ1) is 23.4. The summed E-state index contributed by atoms with van der Waals surface area (Å²) in [5, 5.41) is 3.23. The summed E-state index contributed by atoms with van der Waals surface area (Å²) in [6.45, 7) is 3.52. The minimum Gasteiger partial charge on any atom is -0.492 e. The molecule has 1 fully saturated rings. The molecule has 1 heterocycles. The lowest BCUT2D eigenvalue weighted by atomic mass is 10.2. The lowest BCUT2D eigenvalue weighted by Gasteiger charge is -2.18. The van der Waals surface area contributed by atoms with Crippen molar-refractivity contribution in [2.75, 3.05) is 26.2 Å². The van der Waals surface area contributed by atoms with Crippen molar-refractivity contribution < 1.29 is 22.7 Å². The lowest BCUT2D eigenvalue weighted by molar-refractivity contribution is -0.128. The highest BCUT2D eigenvalue weighted by atomic mass is 35.5. The van der Waals surface area contributed by atoms with E-state index < -0.39 is 16.1 Å². The van der Waals surface area contributed by atoms with Gasteiger partial charge in [0.05, 0.1) is 16.5 Å². The fourth-order valence-electron chi connectivity index (χ4n) is 3.26. The largest absolute Gasteiger partial charge is 0.492 e. The molecule has 7 nitrogen and oxygen atoms in total. The maximum atomic E-state index is 12.5. The molecule has 31 heavy (non-hydrogen) atoms. The molecule has 2 aromatic rings. The van der Waals surface area contributed by atoms with Crippen LogP contribution in [0, 0.1) is 0 Å². The molecule has 168 valence electrons. The average molecular weight is 467 g/mol. The molecule has 0 radical (unpaired) electrons. The smallest absolute Gasteiger partial charge is 0.261 e. The Morgan fingerprint density at radius 3 is 2.45 bits per heavy atom. The van der Waals surface area contributed by atoms with Crippen LogP contribution in [0.2, 0.25) is 5.02 Å². The number of carbonyl (C=O) groups excluding carboxylic acids is 1. The third kappa shape index (κ3) is 6.12. The van der Waals surface area contributed by atoms with E-state index in [0.29, 0.717) is 36.0 Å². The Bertz CT molecular complexity index is 976. The highest BCUT2D eigenvalue weighted by molar-refractivity contribution is 7.89. The van der Waals surface area contributed by atoms with Crippen LogP contribution in [0.1, 0.15) is 26.2 Å². The van der Waals surface area contributed by atoms with Crippen LogP contribution in [0.5, 0.6) is 11.5 Å². The Morgan fingerprint density at radius 1 is 1.13 bits per heavy atom. The van der Waals surface area contributed by atoms with Crippen molar-refractivity contribution in [3.8, 4) is 11.5 Å². The van der Waals surface area contributed by atoms with Gasteiger partial charge < -0.3 is 14.8 Å². The van der Waals surface area contributed by atoms with Crippen molar-refractivity contribution in [3.63, 3.8) is 0 Å². The molecule has 0 spiro atoms. The number of hydrogen-bond donors (Lipinski definition) is 1. The Balaban J connectivity index is 1.45. The predicted octanol–water partition coefficient (Wildman–Crippen LogP) is 3.48. The number of nitrogens with zero attached hydrogens (tertiary/aromatic N) is 1. The molecule has 0 aromatic heterocycles. The van der Waals surface area contributed by atoms with E-state index in [1.54, 1.807) is 48.5 Å². The number of nitrogens with one attached hydrogen (secondary N) is 1. The average Bonchev–Trinajstić information content (AvgIpc) is 3.32. The van der Waals surface area contributed by atoms with Gasteiger partial charge in [-0.25, -0.2) is 8.42 Å². The molecule has 1 aliphatic rings. The van der Waals surface area contributed by atoms with E-state index in [2.05, 4.69) is 5.32 Å². The van der Waals surface area contributed by atoms with E-state index in [-0.39, 0.29) is 24.0 Å². The van der Waals surface area contributed by atoms with Gasteiger partial charge in [-0.1, -0.05) is 30.7 Å². The van der Waals surface area contributed by atoms with Crippen LogP contribution in [0.25, 0.3) is 0 Å². The molecule has 0 saturated carbocycles. The predicted molar refractivity (Wildman–Crippen MR) is 119 cm³/mol. The molecule has 3 rings (SSSR count). The first-order valence-electron chi connectivity index (χ1n) is 10.3. The summed E-state index contributed by atoms with van der Waals surface area (Å²) < 4.78 is 37.9. The van der Waals surface area contributed by atoms with Crippen LogP contribution in [0.15, 0.2) is 53.4 Å². The number of sulfonamides is 1. The number of rotatable bonds is 10. The van der Waals surface area contributed by atoms with Crippen molar-refractivity contribution in [1.29, 1.82) is 0 Å². The summed E-state index contributed by atoms with van der Waals surface area (Å²) in [6.07, 6.45) is 1.63. The van der Waals surface area contributed by atoms with Crippen LogP contribution in [0.3, 0.4) is 0 Å². The molecule has 0 aliphatic carbocycles. The fraction of sp³-hybridized carbons (Fsp3) is 0.409. The number of hydrogen-bond acceptors (Lipinski definition) is 5. The Kier molecular flexibility index (Phi) is 8.17. The normalized spacial score (nSPS) is 15.4. The second-order valence-electron chi connectivity index (χ2n) is 7.17. The lowest BCUT2D eigenvalue weighted by Crippen LogP contribution is -2.39. The number of ether oxygens (including phenoxy) is 2. The zero-order valence-corrected chi connectivity index (χ0v) is 19.0. The summed E-state index contributed by atoms with van der Waals surface area (Å²) in [4.78, 5) is 12.6. The number of para-hydroxylation sites is 1. The van der Waals surface area contributed by atoms with Crippen LogP contribution >= 0.6 is 11.6 Å². The molecule has 1 saturated heterocycles. The minimum atomic E-state index is -3.44. The van der Waals surface area contributed by atoms with Gasteiger partial charge in [0, 0.05) is 13.1 Å². The number of benzene rings is 2. The topological polar surface area (TPSA) is 84.9 Å². The molecule has 1 aliphatic heterocycles. The van der Waals surface area contributed by atoms with Crippen molar-refractivity contribution in [3.05, 3.63) is 53.6 Å². The van der Waals surface area contributed by atoms with E-state index in [1.165, 1.54) is 4.31 Å². The second kappa shape index (κ2) is 10.8. The summed E-state index contributed by atoms with van der Waals surface area (Å²) in [6, 6.07) is 13.4. The van der Waals surface area contributed by atoms with Crippen molar-refractivity contribution in [2.45, 2.75) is 37.2 Å². The number of halogens is 1. The molecule has 2 aromatic carbocycles. The van der Waals surface area contributed by atoms with Gasteiger partial charge in [-0.2, -0.15) is 4.31 Å². The van der Waals surface area contributed by atoms with Crippen LogP contribution in [0.4, 0.5) is 0 Å². The van der Waals surface area contributed by atoms with Gasteiger partial charge in [0.2, 0.25) is 10.0 Å². The van der Waals surface area contributed by atoms with Gasteiger partial charge in [-0.15, -0.1) is 0 Å². The Hall–Kier alpha value is -2.29. The quantitative estimate of drug-likeness (QED) is 0.542. The van der Waals surface area contributed by atoms with Gasteiger partial charge in [0.15, 0.2) is 6.10 Å². The molecule has 9 heteroatoms. The first-order valence-corrected chi connectivity index (χ1v) is 12.2. The highest BCUT2D eigenvalue weighted by Gasteiger charge is 2.27. The Morgan fingerprint density at radius 2 is 1.81 bits per heavy atom. The maximum Gasteiger partial charge on any atom is 0.261 e. The second-order valence-corrected chi connectivity index (χ2v) is 9.51. The van der Waals surface area contributed by atoms with E-state index in [1.807, 2.05) is 6.92 Å². The van der Waals surface area contributed by atoms with Gasteiger partial charge >= 0.3 is 0 Å². The molecular weight excluding hydrogens is 440 g/mol. The monoisotopic (exact) mass is 466 g/mol. The standard InChI is InChI=1S/C22H27ClN2O5S/c1-2-20(30-21-8-4-3-7-19(21)23)22(26)24-13-16-29-17-9-11-18(12-10-17)31(27,28)25-14-5-6-15-25/h3-4,7-12,20H,2,5-6,13-16H2,1H3,(H,24,26). The molecule has 1 unspecified atom stereocenters. The van der Waals surface area contributed by atoms with Crippen LogP contribution in [-0.4, -0.2) is 51.0 Å². The van der Waals surface area contributed by atoms with E-state index >= 15 is 0 Å². The number of amides is 1. The summed E-state index contributed by atoms with van der Waals surface area (Å²) >= 11 is 6.08. The minimum absolute atomic E-state index is 0.243. The van der Waals surface area contributed by atoms with Gasteiger partial charge in [-0.3, -0.25) is 4.79 Å². The van der Waals surface area contributed by atoms with E-state index in [9.17, 15) is 13.2 Å².